The second kappa shape index (κ2) is 10.4. The number of carbonyl (C=O) groups excluding carboxylic acids is 2. The topological polar surface area (TPSA) is 105 Å². The van der Waals surface area contributed by atoms with E-state index in [-0.39, 0.29) is 18.9 Å². The Bertz CT molecular complexity index is 1060. The number of nitrogens with one attached hydrogen (secondary N) is 2. The molecule has 0 heterocycles. The van der Waals surface area contributed by atoms with E-state index >= 15 is 0 Å². The van der Waals surface area contributed by atoms with Gasteiger partial charge in [-0.05, 0) is 35.6 Å². The van der Waals surface area contributed by atoms with E-state index in [0.29, 0.717) is 13.3 Å². The molecule has 35 heavy (non-hydrogen) atoms. The summed E-state index contributed by atoms with van der Waals surface area (Å²) in [5.41, 5.74) is 0.717. The Labute approximate surface area is 200 Å². The number of carboxylic acids is 1. The molecule has 0 fully saturated rings. The van der Waals surface area contributed by atoms with Crippen molar-refractivity contribution in [2.75, 3.05) is 6.61 Å². The van der Waals surface area contributed by atoms with Gasteiger partial charge >= 0.3 is 18.2 Å². The molecule has 1 unspecified atom stereocenters. The molecular weight excluding hydrogens is 465 g/mol. The molecule has 10 heteroatoms. The molecule has 0 aromatic heterocycles. The van der Waals surface area contributed by atoms with Gasteiger partial charge in [-0.2, -0.15) is 13.2 Å². The molecule has 7 nitrogen and oxygen atoms in total. The SMILES string of the molecule is CCC[C@@H](CC(=O)NC(C)(C(=O)O)C(F)(F)F)NC(=O)OCC1c2ccccc2-c2ccccc21. The van der Waals surface area contributed by atoms with Crippen LogP contribution < -0.4 is 10.6 Å². The minimum Gasteiger partial charge on any atom is -0.479 e. The Morgan fingerprint density at radius 3 is 2.06 bits per heavy atom. The van der Waals surface area contributed by atoms with E-state index in [2.05, 4.69) is 5.32 Å². The summed E-state index contributed by atoms with van der Waals surface area (Å²) >= 11 is 0. The number of ether oxygens (including phenoxy) is 1. The third-order valence-electron chi connectivity index (χ3n) is 6.12. The number of amides is 2. The van der Waals surface area contributed by atoms with Crippen molar-refractivity contribution >= 4 is 18.0 Å². The lowest BCUT2D eigenvalue weighted by molar-refractivity contribution is -0.207. The van der Waals surface area contributed by atoms with Gasteiger partial charge in [0.05, 0.1) is 0 Å². The quantitative estimate of drug-likeness (QED) is 0.474. The lowest BCUT2D eigenvalue weighted by Gasteiger charge is -2.29. The predicted octanol–water partition coefficient (Wildman–Crippen LogP) is 4.61. The predicted molar refractivity (Wildman–Crippen MR) is 122 cm³/mol. The summed E-state index contributed by atoms with van der Waals surface area (Å²) in [5, 5.41) is 13.1. The maximum Gasteiger partial charge on any atom is 0.422 e. The molecule has 3 rings (SSSR count). The highest BCUT2D eigenvalue weighted by atomic mass is 19.4. The number of benzene rings is 2. The average Bonchev–Trinajstić information content (AvgIpc) is 3.10. The van der Waals surface area contributed by atoms with Gasteiger partial charge in [0.1, 0.15) is 6.61 Å². The maximum atomic E-state index is 13.2. The smallest absolute Gasteiger partial charge is 0.422 e. The van der Waals surface area contributed by atoms with Gasteiger partial charge in [-0.25, -0.2) is 9.59 Å². The number of alkyl halides is 3. The summed E-state index contributed by atoms with van der Waals surface area (Å²) in [7, 11) is 0. The zero-order chi connectivity index (χ0) is 25.8. The molecule has 3 N–H and O–H groups in total. The van der Waals surface area contributed by atoms with Gasteiger partial charge in [0.2, 0.25) is 11.4 Å². The Hall–Kier alpha value is -3.56. The number of hydrogen-bond donors (Lipinski definition) is 3. The van der Waals surface area contributed by atoms with Crippen molar-refractivity contribution in [1.29, 1.82) is 0 Å². The largest absolute Gasteiger partial charge is 0.479 e. The first kappa shape index (κ1) is 26.1. The molecule has 1 aliphatic rings. The highest BCUT2D eigenvalue weighted by molar-refractivity contribution is 5.88. The van der Waals surface area contributed by atoms with Crippen LogP contribution in [0.3, 0.4) is 0 Å². The first-order chi connectivity index (χ1) is 16.5. The maximum absolute atomic E-state index is 13.2. The summed E-state index contributed by atoms with van der Waals surface area (Å²) in [6.45, 7) is 2.19. The van der Waals surface area contributed by atoms with E-state index in [0.717, 1.165) is 22.3 Å². The number of carbonyl (C=O) groups is 3. The number of rotatable bonds is 9. The van der Waals surface area contributed by atoms with E-state index in [1.54, 1.807) is 6.92 Å². The molecule has 0 bridgehead atoms. The van der Waals surface area contributed by atoms with Crippen LogP contribution in [0.25, 0.3) is 11.1 Å². The van der Waals surface area contributed by atoms with E-state index in [1.165, 1.54) is 5.32 Å². The Morgan fingerprint density at radius 1 is 1.03 bits per heavy atom. The molecule has 2 amide bonds. The van der Waals surface area contributed by atoms with Crippen molar-refractivity contribution in [3.63, 3.8) is 0 Å². The Morgan fingerprint density at radius 2 is 1.57 bits per heavy atom. The molecular formula is C25H27F3N2O5. The number of fused-ring (bicyclic) bond motifs is 3. The van der Waals surface area contributed by atoms with Gasteiger partial charge in [-0.1, -0.05) is 61.9 Å². The number of hydrogen-bond acceptors (Lipinski definition) is 4. The summed E-state index contributed by atoms with van der Waals surface area (Å²) in [6, 6.07) is 14.8. The third kappa shape index (κ3) is 5.58. The van der Waals surface area contributed by atoms with Gasteiger partial charge in [0.15, 0.2) is 0 Å². The molecule has 0 radical (unpaired) electrons. The van der Waals surface area contributed by atoms with Crippen LogP contribution in [0.5, 0.6) is 0 Å². The van der Waals surface area contributed by atoms with Crippen molar-refractivity contribution in [3.05, 3.63) is 59.7 Å². The van der Waals surface area contributed by atoms with E-state index in [4.69, 9.17) is 9.84 Å². The third-order valence-corrected chi connectivity index (χ3v) is 6.12. The first-order valence-corrected chi connectivity index (χ1v) is 11.2. The van der Waals surface area contributed by atoms with Crippen LogP contribution in [0.4, 0.5) is 18.0 Å². The molecule has 0 saturated heterocycles. The van der Waals surface area contributed by atoms with Crippen LogP contribution in [0.1, 0.15) is 50.2 Å². The molecule has 188 valence electrons. The second-order valence-corrected chi connectivity index (χ2v) is 8.64. The number of alkyl carbamates (subject to hydrolysis) is 1. The van der Waals surface area contributed by atoms with Crippen LogP contribution in [0.15, 0.2) is 48.5 Å². The van der Waals surface area contributed by atoms with Gasteiger partial charge in [0.25, 0.3) is 0 Å². The molecule has 1 aliphatic carbocycles. The molecule has 0 spiro atoms. The fourth-order valence-electron chi connectivity index (χ4n) is 4.18. The van der Waals surface area contributed by atoms with Crippen LogP contribution in [-0.2, 0) is 14.3 Å². The number of carboxylic acid groups (broad SMARTS) is 1. The molecule has 2 aromatic carbocycles. The molecule has 0 saturated carbocycles. The number of aliphatic carboxylic acids is 1. The van der Waals surface area contributed by atoms with E-state index in [9.17, 15) is 27.6 Å². The first-order valence-electron chi connectivity index (χ1n) is 11.2. The zero-order valence-electron chi connectivity index (χ0n) is 19.3. The van der Waals surface area contributed by atoms with E-state index < -0.39 is 42.1 Å². The standard InChI is InChI=1S/C25H27F3N2O5/c1-3-8-15(13-21(31)30-24(2,22(32)33)25(26,27)28)29-23(34)35-14-20-18-11-6-4-9-16(18)17-10-5-7-12-19(17)20/h4-7,9-12,15,20H,3,8,13-14H2,1-2H3,(H,29,34)(H,30,31)(H,32,33)/t15-,24?/m0/s1. The van der Waals surface area contributed by atoms with Crippen LogP contribution in [0, 0.1) is 0 Å². The normalized spacial score (nSPS) is 15.3. The van der Waals surface area contributed by atoms with Crippen molar-refractivity contribution in [1.82, 2.24) is 10.6 Å². The van der Waals surface area contributed by atoms with Crippen molar-refractivity contribution < 1.29 is 37.4 Å². The lowest BCUT2D eigenvalue weighted by atomic mass is 9.98. The highest BCUT2D eigenvalue weighted by Crippen LogP contribution is 2.44. The van der Waals surface area contributed by atoms with Crippen molar-refractivity contribution in [2.24, 2.45) is 0 Å². The highest BCUT2D eigenvalue weighted by Gasteiger charge is 2.58. The fourth-order valence-corrected chi connectivity index (χ4v) is 4.18. The minimum absolute atomic E-state index is 0.0378. The molecule has 0 aliphatic heterocycles. The van der Waals surface area contributed by atoms with Gasteiger partial charge in [-0.15, -0.1) is 0 Å². The monoisotopic (exact) mass is 492 g/mol. The van der Waals surface area contributed by atoms with E-state index in [1.807, 2.05) is 48.5 Å². The van der Waals surface area contributed by atoms with Gasteiger partial charge in [0, 0.05) is 18.4 Å². The Kier molecular flexibility index (Phi) is 7.72. The minimum atomic E-state index is -5.20. The van der Waals surface area contributed by atoms with Crippen molar-refractivity contribution in [2.45, 2.75) is 56.8 Å². The summed E-state index contributed by atoms with van der Waals surface area (Å²) < 4.78 is 45.0. The second-order valence-electron chi connectivity index (χ2n) is 8.64. The summed E-state index contributed by atoms with van der Waals surface area (Å²) in [5.74, 6) is -3.55. The van der Waals surface area contributed by atoms with Gasteiger partial charge in [-0.3, -0.25) is 4.79 Å². The average molecular weight is 492 g/mol. The summed E-state index contributed by atoms with van der Waals surface area (Å²) in [4.78, 5) is 35.9. The number of halogens is 3. The van der Waals surface area contributed by atoms with Gasteiger partial charge < -0.3 is 20.5 Å². The summed E-state index contributed by atoms with van der Waals surface area (Å²) in [6.07, 6.45) is -5.73. The Balaban J connectivity index is 1.63. The fraction of sp³-hybridized carbons (Fsp3) is 0.400. The van der Waals surface area contributed by atoms with Crippen LogP contribution >= 0.6 is 0 Å². The molecule has 2 aromatic rings. The zero-order valence-corrected chi connectivity index (χ0v) is 19.3. The van der Waals surface area contributed by atoms with Crippen LogP contribution in [-0.4, -0.2) is 47.4 Å². The van der Waals surface area contributed by atoms with Crippen molar-refractivity contribution in [3.8, 4) is 11.1 Å². The lowest BCUT2D eigenvalue weighted by Crippen LogP contribution is -2.62. The van der Waals surface area contributed by atoms with Crippen LogP contribution in [0.2, 0.25) is 0 Å². The molecule has 2 atom stereocenters.